The molecule has 1 nitrogen and oxygen atoms in total. The molecule has 86 valence electrons. The first-order chi connectivity index (χ1) is 7.67. The van der Waals surface area contributed by atoms with Crippen molar-refractivity contribution >= 4 is 15.9 Å². The van der Waals surface area contributed by atoms with Gasteiger partial charge in [-0.1, -0.05) is 28.9 Å². The highest BCUT2D eigenvalue weighted by Gasteiger charge is 2.10. The Balaban J connectivity index is 2.87. The highest BCUT2D eigenvalue weighted by atomic mass is 79.9. The minimum Gasteiger partial charge on any atom is -0.309 e. The fraction of sp³-hybridized carbons (Fsp3) is 0.429. The van der Waals surface area contributed by atoms with Crippen LogP contribution in [-0.4, -0.2) is 6.54 Å². The van der Waals surface area contributed by atoms with Crippen LogP contribution in [-0.2, 0) is 0 Å². The molecule has 0 fully saturated rings. The maximum atomic E-state index is 5.41. The van der Waals surface area contributed by atoms with E-state index in [2.05, 4.69) is 59.2 Å². The first-order valence-electron chi connectivity index (χ1n) is 5.61. The number of hydrogen-bond acceptors (Lipinski definition) is 1. The topological polar surface area (TPSA) is 12.0 Å². The van der Waals surface area contributed by atoms with Crippen molar-refractivity contribution in [1.82, 2.24) is 5.32 Å². The van der Waals surface area contributed by atoms with Gasteiger partial charge in [-0.05, 0) is 43.1 Å². The van der Waals surface area contributed by atoms with Gasteiger partial charge < -0.3 is 5.32 Å². The first kappa shape index (κ1) is 13.3. The molecule has 0 saturated carbocycles. The number of hydrogen-bond donors (Lipinski definition) is 1. The largest absolute Gasteiger partial charge is 0.309 e. The van der Waals surface area contributed by atoms with Gasteiger partial charge in [0.1, 0.15) is 0 Å². The van der Waals surface area contributed by atoms with Gasteiger partial charge in [0.2, 0.25) is 0 Å². The quantitative estimate of drug-likeness (QED) is 0.808. The van der Waals surface area contributed by atoms with Gasteiger partial charge in [-0.25, -0.2) is 0 Å². The van der Waals surface area contributed by atoms with Crippen LogP contribution < -0.4 is 5.32 Å². The summed E-state index contributed by atoms with van der Waals surface area (Å²) in [5.41, 5.74) is 2.52. The maximum Gasteiger partial charge on any atom is 0.0431 e. The van der Waals surface area contributed by atoms with E-state index in [-0.39, 0.29) is 6.04 Å². The zero-order chi connectivity index (χ0) is 12.0. The summed E-state index contributed by atoms with van der Waals surface area (Å²) in [6, 6.07) is 6.70. The molecule has 0 bridgehead atoms. The molecule has 0 spiro atoms. The minimum atomic E-state index is 0.265. The molecular weight excluding hydrogens is 262 g/mol. The van der Waals surface area contributed by atoms with Gasteiger partial charge in [0, 0.05) is 16.9 Å². The van der Waals surface area contributed by atoms with E-state index in [9.17, 15) is 0 Å². The molecule has 2 heteroatoms. The molecule has 0 aliphatic heterocycles. The van der Waals surface area contributed by atoms with Crippen LogP contribution in [0.3, 0.4) is 0 Å². The Morgan fingerprint density at radius 1 is 1.44 bits per heavy atom. The predicted molar refractivity (Wildman–Crippen MR) is 73.4 cm³/mol. The van der Waals surface area contributed by atoms with Crippen molar-refractivity contribution < 1.29 is 0 Å². The summed E-state index contributed by atoms with van der Waals surface area (Å²) < 4.78 is 1.11. The molecule has 1 rings (SSSR count). The molecular formula is C14H18BrN. The van der Waals surface area contributed by atoms with Gasteiger partial charge in [-0.15, -0.1) is 12.3 Å². The molecule has 1 N–H and O–H groups in total. The molecule has 1 aromatic rings. The molecule has 0 saturated heterocycles. The highest BCUT2D eigenvalue weighted by Crippen LogP contribution is 2.22. The van der Waals surface area contributed by atoms with Gasteiger partial charge in [0.15, 0.2) is 0 Å². The molecule has 0 radical (unpaired) electrons. The molecule has 0 heterocycles. The Hall–Kier alpha value is -0.780. The maximum absolute atomic E-state index is 5.41. The number of benzene rings is 1. The fourth-order valence-electron chi connectivity index (χ4n) is 1.71. The number of halogens is 1. The van der Waals surface area contributed by atoms with Gasteiger partial charge in [-0.2, -0.15) is 0 Å². The lowest BCUT2D eigenvalue weighted by Gasteiger charge is -2.17. The van der Waals surface area contributed by atoms with Crippen molar-refractivity contribution in [3.05, 3.63) is 33.8 Å². The predicted octanol–water partition coefficient (Wildman–Crippen LogP) is 3.82. The molecule has 16 heavy (non-hydrogen) atoms. The van der Waals surface area contributed by atoms with E-state index in [1.807, 2.05) is 0 Å². The third kappa shape index (κ3) is 4.00. The average molecular weight is 280 g/mol. The van der Waals surface area contributed by atoms with Crippen molar-refractivity contribution in [1.29, 1.82) is 0 Å². The van der Waals surface area contributed by atoms with Gasteiger partial charge in [-0.3, -0.25) is 0 Å². The minimum absolute atomic E-state index is 0.265. The Bertz CT molecular complexity index is 359. The second-order valence-corrected chi connectivity index (χ2v) is 4.89. The van der Waals surface area contributed by atoms with Crippen LogP contribution in [0.4, 0.5) is 0 Å². The molecule has 1 aromatic carbocycles. The summed E-state index contributed by atoms with van der Waals surface area (Å²) in [5.74, 6) is 2.74. The van der Waals surface area contributed by atoms with Gasteiger partial charge >= 0.3 is 0 Å². The van der Waals surface area contributed by atoms with Crippen LogP contribution >= 0.6 is 15.9 Å². The molecule has 1 unspecified atom stereocenters. The van der Waals surface area contributed by atoms with Crippen molar-refractivity contribution in [2.75, 3.05) is 6.54 Å². The number of terminal acetylenes is 1. The van der Waals surface area contributed by atoms with E-state index in [1.165, 1.54) is 11.1 Å². The van der Waals surface area contributed by atoms with Crippen LogP contribution in [0, 0.1) is 19.3 Å². The first-order valence-corrected chi connectivity index (χ1v) is 6.40. The Kier molecular flexibility index (Phi) is 5.59. The number of aryl methyl sites for hydroxylation is 1. The van der Waals surface area contributed by atoms with Crippen molar-refractivity contribution in [2.24, 2.45) is 0 Å². The molecule has 0 aliphatic carbocycles. The lowest BCUT2D eigenvalue weighted by molar-refractivity contribution is 0.542. The van der Waals surface area contributed by atoms with E-state index in [0.717, 1.165) is 23.9 Å². The Labute approximate surface area is 107 Å². The lowest BCUT2D eigenvalue weighted by Crippen LogP contribution is -2.21. The smallest absolute Gasteiger partial charge is 0.0431 e. The summed E-state index contributed by atoms with van der Waals surface area (Å²) in [4.78, 5) is 0. The summed E-state index contributed by atoms with van der Waals surface area (Å²) in [6.07, 6.45) is 7.26. The summed E-state index contributed by atoms with van der Waals surface area (Å²) >= 11 is 3.52. The monoisotopic (exact) mass is 279 g/mol. The summed E-state index contributed by atoms with van der Waals surface area (Å²) in [5, 5.41) is 3.48. The fourth-order valence-corrected chi connectivity index (χ4v) is 2.34. The second kappa shape index (κ2) is 6.73. The molecule has 1 atom stereocenters. The van der Waals surface area contributed by atoms with E-state index < -0.39 is 0 Å². The van der Waals surface area contributed by atoms with Crippen LogP contribution in [0.15, 0.2) is 22.7 Å². The number of nitrogens with one attached hydrogen (secondary N) is 1. The van der Waals surface area contributed by atoms with Crippen LogP contribution in [0.5, 0.6) is 0 Å². The molecule has 0 aliphatic rings. The zero-order valence-corrected chi connectivity index (χ0v) is 11.5. The van der Waals surface area contributed by atoms with E-state index in [0.29, 0.717) is 0 Å². The second-order valence-electron chi connectivity index (χ2n) is 3.98. The van der Waals surface area contributed by atoms with Crippen molar-refractivity contribution in [3.8, 4) is 12.3 Å². The van der Waals surface area contributed by atoms with Gasteiger partial charge in [0.05, 0.1) is 0 Å². The van der Waals surface area contributed by atoms with Gasteiger partial charge in [0.25, 0.3) is 0 Å². The third-order valence-corrected chi connectivity index (χ3v) is 2.89. The number of rotatable bonds is 5. The third-order valence-electron chi connectivity index (χ3n) is 2.43. The van der Waals surface area contributed by atoms with E-state index in [1.54, 1.807) is 0 Å². The average Bonchev–Trinajstić information content (AvgIpc) is 2.22. The zero-order valence-electron chi connectivity index (χ0n) is 9.89. The van der Waals surface area contributed by atoms with E-state index >= 15 is 0 Å². The summed E-state index contributed by atoms with van der Waals surface area (Å²) in [6.45, 7) is 5.25. The SMILES string of the molecule is C#CCC(NCCC)c1cc(C)cc(Br)c1. The standard InChI is InChI=1S/C14H18BrN/c1-4-6-14(16-7-5-2)12-8-11(3)9-13(15)10-12/h1,8-10,14,16H,5-7H2,2-3H3. The van der Waals surface area contributed by atoms with Crippen LogP contribution in [0.25, 0.3) is 0 Å². The van der Waals surface area contributed by atoms with Crippen molar-refractivity contribution in [3.63, 3.8) is 0 Å². The highest BCUT2D eigenvalue weighted by molar-refractivity contribution is 9.10. The van der Waals surface area contributed by atoms with Crippen LogP contribution in [0.1, 0.15) is 36.9 Å². The summed E-state index contributed by atoms with van der Waals surface area (Å²) in [7, 11) is 0. The lowest BCUT2D eigenvalue weighted by atomic mass is 10.0. The molecule has 0 aromatic heterocycles. The molecule has 0 amide bonds. The van der Waals surface area contributed by atoms with Crippen molar-refractivity contribution in [2.45, 2.75) is 32.7 Å². The Morgan fingerprint density at radius 3 is 2.75 bits per heavy atom. The normalized spacial score (nSPS) is 12.1. The van der Waals surface area contributed by atoms with E-state index in [4.69, 9.17) is 6.42 Å². The van der Waals surface area contributed by atoms with Crippen LogP contribution in [0.2, 0.25) is 0 Å². The Morgan fingerprint density at radius 2 is 2.19 bits per heavy atom.